The van der Waals surface area contributed by atoms with Crippen LogP contribution in [0.25, 0.3) is 22.1 Å². The molecule has 1 heterocycles. The number of carbonyl (C=O) groups excluding carboxylic acids is 1. The molecule has 0 aliphatic rings. The van der Waals surface area contributed by atoms with E-state index in [1.807, 2.05) is 24.3 Å². The molecule has 7 heteroatoms. The lowest BCUT2D eigenvalue weighted by molar-refractivity contribution is 0.0492. The highest BCUT2D eigenvalue weighted by atomic mass is 79.9. The van der Waals surface area contributed by atoms with Gasteiger partial charge < -0.3 is 18.6 Å². The Bertz CT molecular complexity index is 1340. The quantitative estimate of drug-likeness (QED) is 0.285. The molecule has 0 unspecified atom stereocenters. The first-order chi connectivity index (χ1) is 16.0. The third-order valence-electron chi connectivity index (χ3n) is 5.02. The summed E-state index contributed by atoms with van der Waals surface area (Å²) >= 11 is 3.41. The Balaban J connectivity index is 1.76. The van der Waals surface area contributed by atoms with E-state index in [2.05, 4.69) is 15.9 Å². The molecule has 0 aliphatic heterocycles. The smallest absolute Gasteiger partial charge is 0.375 e. The number of halogens is 1. The molecule has 0 bridgehead atoms. The van der Waals surface area contributed by atoms with Crippen LogP contribution in [0.1, 0.15) is 23.0 Å². The number of esters is 1. The SMILES string of the molecule is CCOC(=O)c1oc2cc(OCc3ccc(Br)cc3)ccc2c(=O)c1-c1ccc(OC)cc1. The number of carbonyl (C=O) groups is 1. The minimum absolute atomic E-state index is 0.145. The van der Waals surface area contributed by atoms with Crippen molar-refractivity contribution in [2.24, 2.45) is 0 Å². The van der Waals surface area contributed by atoms with Crippen molar-refractivity contribution in [2.75, 3.05) is 13.7 Å². The zero-order valence-corrected chi connectivity index (χ0v) is 19.7. The van der Waals surface area contributed by atoms with Crippen molar-refractivity contribution in [1.82, 2.24) is 0 Å². The van der Waals surface area contributed by atoms with E-state index in [0.29, 0.717) is 29.1 Å². The summed E-state index contributed by atoms with van der Waals surface area (Å²) in [5.41, 5.74) is 1.58. The summed E-state index contributed by atoms with van der Waals surface area (Å²) in [5.74, 6) is 0.294. The van der Waals surface area contributed by atoms with Crippen LogP contribution < -0.4 is 14.9 Å². The van der Waals surface area contributed by atoms with Gasteiger partial charge >= 0.3 is 5.97 Å². The predicted octanol–water partition coefficient (Wildman–Crippen LogP) is 5.99. The lowest BCUT2D eigenvalue weighted by Crippen LogP contribution is -2.15. The van der Waals surface area contributed by atoms with E-state index in [1.54, 1.807) is 56.5 Å². The molecule has 33 heavy (non-hydrogen) atoms. The van der Waals surface area contributed by atoms with Crippen molar-refractivity contribution in [3.05, 3.63) is 92.7 Å². The molecule has 0 N–H and O–H groups in total. The highest BCUT2D eigenvalue weighted by molar-refractivity contribution is 9.10. The van der Waals surface area contributed by atoms with Crippen LogP contribution >= 0.6 is 15.9 Å². The maximum Gasteiger partial charge on any atom is 0.375 e. The first-order valence-corrected chi connectivity index (χ1v) is 11.1. The summed E-state index contributed by atoms with van der Waals surface area (Å²) in [6.45, 7) is 2.19. The summed E-state index contributed by atoms with van der Waals surface area (Å²) in [6, 6.07) is 19.6. The van der Waals surface area contributed by atoms with Crippen molar-refractivity contribution < 1.29 is 23.4 Å². The Morgan fingerprint density at radius 2 is 1.67 bits per heavy atom. The van der Waals surface area contributed by atoms with E-state index < -0.39 is 5.97 Å². The minimum atomic E-state index is -0.705. The van der Waals surface area contributed by atoms with Gasteiger partial charge in [-0.25, -0.2) is 4.79 Å². The van der Waals surface area contributed by atoms with Gasteiger partial charge in [0.1, 0.15) is 23.7 Å². The molecule has 0 radical (unpaired) electrons. The molecular formula is C26H21BrO6. The summed E-state index contributed by atoms with van der Waals surface area (Å²) in [7, 11) is 1.56. The van der Waals surface area contributed by atoms with Crippen molar-refractivity contribution in [2.45, 2.75) is 13.5 Å². The van der Waals surface area contributed by atoms with Crippen LogP contribution in [0.15, 0.2) is 80.4 Å². The second-order valence-electron chi connectivity index (χ2n) is 7.16. The molecule has 1 aromatic heterocycles. The van der Waals surface area contributed by atoms with Crippen LogP contribution in [0.4, 0.5) is 0 Å². The second-order valence-corrected chi connectivity index (χ2v) is 8.07. The van der Waals surface area contributed by atoms with Crippen molar-refractivity contribution in [1.29, 1.82) is 0 Å². The monoisotopic (exact) mass is 508 g/mol. The topological polar surface area (TPSA) is 75.0 Å². The molecule has 0 saturated heterocycles. The molecule has 4 aromatic rings. The predicted molar refractivity (Wildman–Crippen MR) is 129 cm³/mol. The van der Waals surface area contributed by atoms with Crippen LogP contribution in [0.2, 0.25) is 0 Å². The van der Waals surface area contributed by atoms with Gasteiger partial charge in [0.15, 0.2) is 0 Å². The van der Waals surface area contributed by atoms with Gasteiger partial charge in [-0.05, 0) is 54.4 Å². The van der Waals surface area contributed by atoms with Crippen molar-refractivity contribution >= 4 is 32.9 Å². The van der Waals surface area contributed by atoms with Gasteiger partial charge in [0.2, 0.25) is 11.2 Å². The van der Waals surface area contributed by atoms with E-state index in [1.165, 1.54) is 0 Å². The fraction of sp³-hybridized carbons (Fsp3) is 0.154. The number of ether oxygens (including phenoxy) is 3. The van der Waals surface area contributed by atoms with Gasteiger partial charge in [-0.3, -0.25) is 4.79 Å². The molecular weight excluding hydrogens is 488 g/mol. The van der Waals surface area contributed by atoms with Crippen LogP contribution in [-0.2, 0) is 11.3 Å². The van der Waals surface area contributed by atoms with E-state index in [0.717, 1.165) is 10.0 Å². The Morgan fingerprint density at radius 3 is 2.33 bits per heavy atom. The minimum Gasteiger partial charge on any atom is -0.497 e. The molecule has 0 amide bonds. The number of benzene rings is 3. The highest BCUT2D eigenvalue weighted by Gasteiger charge is 2.23. The van der Waals surface area contributed by atoms with E-state index in [4.69, 9.17) is 18.6 Å². The zero-order valence-electron chi connectivity index (χ0n) is 18.1. The zero-order chi connectivity index (χ0) is 23.4. The molecule has 0 fully saturated rings. The van der Waals surface area contributed by atoms with E-state index >= 15 is 0 Å². The van der Waals surface area contributed by atoms with Gasteiger partial charge in [0, 0.05) is 10.5 Å². The first kappa shape index (κ1) is 22.6. The Morgan fingerprint density at radius 1 is 0.970 bits per heavy atom. The average molecular weight is 509 g/mol. The van der Waals surface area contributed by atoms with Crippen molar-refractivity contribution in [3.8, 4) is 22.6 Å². The van der Waals surface area contributed by atoms with Gasteiger partial charge in [-0.2, -0.15) is 0 Å². The normalized spacial score (nSPS) is 10.8. The van der Waals surface area contributed by atoms with Crippen LogP contribution in [0.5, 0.6) is 11.5 Å². The largest absolute Gasteiger partial charge is 0.497 e. The van der Waals surface area contributed by atoms with Gasteiger partial charge in [0.25, 0.3) is 0 Å². The summed E-state index contributed by atoms with van der Waals surface area (Å²) in [5, 5.41) is 0.338. The number of hydrogen-bond donors (Lipinski definition) is 0. The second kappa shape index (κ2) is 9.92. The molecule has 0 spiro atoms. The first-order valence-electron chi connectivity index (χ1n) is 10.3. The maximum absolute atomic E-state index is 13.4. The Hall–Kier alpha value is -3.58. The van der Waals surface area contributed by atoms with Crippen LogP contribution in [0.3, 0.4) is 0 Å². The van der Waals surface area contributed by atoms with Crippen LogP contribution in [0, 0.1) is 0 Å². The van der Waals surface area contributed by atoms with Gasteiger partial charge in [-0.15, -0.1) is 0 Å². The van der Waals surface area contributed by atoms with Crippen molar-refractivity contribution in [3.63, 3.8) is 0 Å². The third-order valence-corrected chi connectivity index (χ3v) is 5.55. The van der Waals surface area contributed by atoms with Crippen LogP contribution in [-0.4, -0.2) is 19.7 Å². The molecule has 4 rings (SSSR count). The molecule has 3 aromatic carbocycles. The van der Waals surface area contributed by atoms with E-state index in [9.17, 15) is 9.59 Å². The highest BCUT2D eigenvalue weighted by Crippen LogP contribution is 2.29. The summed E-state index contributed by atoms with van der Waals surface area (Å²) < 4.78 is 23.1. The number of hydrogen-bond acceptors (Lipinski definition) is 6. The lowest BCUT2D eigenvalue weighted by atomic mass is 10.0. The molecule has 0 aliphatic carbocycles. The third kappa shape index (κ3) is 4.93. The summed E-state index contributed by atoms with van der Waals surface area (Å²) in [4.78, 5) is 26.1. The number of methoxy groups -OCH3 is 1. The van der Waals surface area contributed by atoms with E-state index in [-0.39, 0.29) is 28.9 Å². The summed E-state index contributed by atoms with van der Waals surface area (Å²) in [6.07, 6.45) is 0. The van der Waals surface area contributed by atoms with Gasteiger partial charge in [0.05, 0.1) is 24.7 Å². The number of fused-ring (bicyclic) bond motifs is 1. The fourth-order valence-corrected chi connectivity index (χ4v) is 3.64. The van der Waals surface area contributed by atoms with Gasteiger partial charge in [-0.1, -0.05) is 40.2 Å². The molecule has 0 atom stereocenters. The Labute approximate surface area is 198 Å². The fourth-order valence-electron chi connectivity index (χ4n) is 3.37. The lowest BCUT2D eigenvalue weighted by Gasteiger charge is -2.11. The Kier molecular flexibility index (Phi) is 6.79. The number of rotatable bonds is 7. The maximum atomic E-state index is 13.4. The standard InChI is InChI=1S/C26H21BrO6/c1-3-31-26(29)25-23(17-6-10-19(30-2)11-7-17)24(28)21-13-12-20(14-22(21)33-25)32-15-16-4-8-18(27)9-5-16/h4-14H,3,15H2,1-2H3. The molecule has 0 saturated carbocycles. The molecule has 168 valence electrons. The molecule has 6 nitrogen and oxygen atoms in total. The average Bonchev–Trinajstić information content (AvgIpc) is 2.83.